The van der Waals surface area contributed by atoms with Gasteiger partial charge in [0.05, 0.1) is 23.1 Å². The Kier molecular flexibility index (Phi) is 5.72. The number of ether oxygens (including phenoxy) is 1. The molecule has 6 nitrogen and oxygen atoms in total. The van der Waals surface area contributed by atoms with Gasteiger partial charge in [0.15, 0.2) is 0 Å². The van der Waals surface area contributed by atoms with Gasteiger partial charge in [-0.1, -0.05) is 72.8 Å². The molecule has 2 aliphatic rings. The fourth-order valence-corrected chi connectivity index (χ4v) is 4.87. The summed E-state index contributed by atoms with van der Waals surface area (Å²) in [6.07, 6.45) is 3.88. The fraction of sp³-hybridized carbons (Fsp3) is 0.179. The molecule has 0 saturated heterocycles. The van der Waals surface area contributed by atoms with E-state index in [0.29, 0.717) is 6.42 Å². The molecule has 2 aliphatic carbocycles. The average molecular weight is 453 g/mol. The number of amides is 1. The summed E-state index contributed by atoms with van der Waals surface area (Å²) in [6, 6.07) is 22.4. The van der Waals surface area contributed by atoms with Crippen molar-refractivity contribution in [3.8, 4) is 11.1 Å². The van der Waals surface area contributed by atoms with Gasteiger partial charge in [0, 0.05) is 5.92 Å². The van der Waals surface area contributed by atoms with Crippen LogP contribution in [-0.4, -0.2) is 29.6 Å². The number of carbonyl (C=O) groups is 3. The van der Waals surface area contributed by atoms with Crippen LogP contribution in [0.3, 0.4) is 0 Å². The third-order valence-electron chi connectivity index (χ3n) is 6.55. The Morgan fingerprint density at radius 1 is 0.882 bits per heavy atom. The zero-order valence-electron chi connectivity index (χ0n) is 18.3. The number of carboxylic acids is 1. The summed E-state index contributed by atoms with van der Waals surface area (Å²) in [6.45, 7) is 0.188. The van der Waals surface area contributed by atoms with Crippen LogP contribution in [0, 0.1) is 11.8 Å². The lowest BCUT2D eigenvalue weighted by Gasteiger charge is -2.20. The lowest BCUT2D eigenvalue weighted by Crippen LogP contribution is -2.32. The number of nitrogens with one attached hydrogen (secondary N) is 1. The number of hydrogen-bond donors (Lipinski definition) is 2. The van der Waals surface area contributed by atoms with Gasteiger partial charge in [-0.05, 0) is 40.8 Å². The van der Waals surface area contributed by atoms with E-state index in [1.54, 1.807) is 24.3 Å². The summed E-state index contributed by atoms with van der Waals surface area (Å²) >= 11 is 0. The molecule has 0 bridgehead atoms. The average Bonchev–Trinajstić information content (AvgIpc) is 3.46. The number of aromatic carboxylic acids is 1. The van der Waals surface area contributed by atoms with E-state index in [1.807, 2.05) is 24.3 Å². The summed E-state index contributed by atoms with van der Waals surface area (Å²) in [5.74, 6) is -3.43. The molecule has 3 aromatic carbocycles. The molecule has 5 rings (SSSR count). The minimum atomic E-state index is -1.13. The number of fused-ring (bicyclic) bond motifs is 3. The van der Waals surface area contributed by atoms with Gasteiger partial charge in [-0.25, -0.2) is 4.79 Å². The van der Waals surface area contributed by atoms with Crippen LogP contribution < -0.4 is 5.32 Å². The third-order valence-corrected chi connectivity index (χ3v) is 6.55. The molecule has 0 heterocycles. The summed E-state index contributed by atoms with van der Waals surface area (Å²) in [4.78, 5) is 37.4. The highest BCUT2D eigenvalue weighted by Gasteiger charge is 2.37. The molecule has 2 N–H and O–H groups in total. The Morgan fingerprint density at radius 3 is 2.18 bits per heavy atom. The maximum Gasteiger partial charge on any atom is 0.337 e. The Bertz CT molecular complexity index is 1270. The molecule has 1 unspecified atom stereocenters. The molecule has 3 aromatic rings. The van der Waals surface area contributed by atoms with Gasteiger partial charge in [-0.2, -0.15) is 0 Å². The summed E-state index contributed by atoms with van der Waals surface area (Å²) in [5, 5.41) is 12.0. The van der Waals surface area contributed by atoms with Crippen LogP contribution >= 0.6 is 0 Å². The van der Waals surface area contributed by atoms with Crippen LogP contribution in [0.15, 0.2) is 84.9 Å². The highest BCUT2D eigenvalue weighted by atomic mass is 16.5. The quantitative estimate of drug-likeness (QED) is 0.410. The normalized spacial score (nSPS) is 18.2. The van der Waals surface area contributed by atoms with Crippen molar-refractivity contribution >= 4 is 23.5 Å². The molecule has 170 valence electrons. The first kappa shape index (κ1) is 21.6. The van der Waals surface area contributed by atoms with Crippen molar-refractivity contribution in [1.82, 2.24) is 0 Å². The van der Waals surface area contributed by atoms with Crippen molar-refractivity contribution in [2.75, 3.05) is 11.9 Å². The largest absolute Gasteiger partial charge is 0.478 e. The molecule has 0 spiro atoms. The Labute approximate surface area is 196 Å². The van der Waals surface area contributed by atoms with Crippen LogP contribution in [0.5, 0.6) is 0 Å². The second-order valence-corrected chi connectivity index (χ2v) is 8.49. The number of carbonyl (C=O) groups excluding carboxylic acids is 2. The van der Waals surface area contributed by atoms with E-state index in [9.17, 15) is 19.5 Å². The molecule has 0 saturated carbocycles. The van der Waals surface area contributed by atoms with Crippen LogP contribution in [-0.2, 0) is 14.3 Å². The monoisotopic (exact) mass is 453 g/mol. The van der Waals surface area contributed by atoms with Crippen molar-refractivity contribution in [2.24, 2.45) is 11.8 Å². The minimum Gasteiger partial charge on any atom is -0.478 e. The molecule has 34 heavy (non-hydrogen) atoms. The van der Waals surface area contributed by atoms with E-state index in [4.69, 9.17) is 4.74 Å². The number of carboxylic acid groups (broad SMARTS) is 1. The minimum absolute atomic E-state index is 0.000466. The van der Waals surface area contributed by atoms with Gasteiger partial charge < -0.3 is 15.2 Å². The van der Waals surface area contributed by atoms with E-state index in [-0.39, 0.29) is 23.8 Å². The topological polar surface area (TPSA) is 92.7 Å². The molecule has 0 radical (unpaired) electrons. The molecule has 0 fully saturated rings. The molecular weight excluding hydrogens is 430 g/mol. The maximum atomic E-state index is 13.0. The number of allylic oxidation sites excluding steroid dienone is 1. The van der Waals surface area contributed by atoms with Gasteiger partial charge >= 0.3 is 11.9 Å². The van der Waals surface area contributed by atoms with Crippen LogP contribution in [0.1, 0.15) is 33.8 Å². The van der Waals surface area contributed by atoms with E-state index < -0.39 is 29.7 Å². The molecule has 1 amide bonds. The van der Waals surface area contributed by atoms with Crippen LogP contribution in [0.25, 0.3) is 11.1 Å². The highest BCUT2D eigenvalue weighted by molar-refractivity contribution is 6.02. The van der Waals surface area contributed by atoms with Crippen LogP contribution in [0.4, 0.5) is 5.69 Å². The number of para-hydroxylation sites is 1. The van der Waals surface area contributed by atoms with Crippen LogP contribution in [0.2, 0.25) is 0 Å². The number of hydrogen-bond acceptors (Lipinski definition) is 4. The SMILES string of the molecule is O=C(O)c1ccccc1NC(=O)[C@H]1CC=CC1C(=O)OCC1c2ccccc2-c2ccccc21. The van der Waals surface area contributed by atoms with E-state index in [2.05, 4.69) is 29.6 Å². The Hall–Kier alpha value is -4.19. The Morgan fingerprint density at radius 2 is 1.50 bits per heavy atom. The van der Waals surface area contributed by atoms with E-state index in [1.165, 1.54) is 12.1 Å². The second kappa shape index (κ2) is 8.98. The van der Waals surface area contributed by atoms with Crippen molar-refractivity contribution in [1.29, 1.82) is 0 Å². The standard InChI is InChI=1S/C28H23NO5/c30-26(29-25-15-6-5-12-23(25)27(31)32)21-13-7-14-22(21)28(33)34-16-24-19-10-3-1-8-17(19)18-9-2-4-11-20(18)24/h1-12,14-15,21-22,24H,13,16H2,(H,29,30)(H,31,32)/t21-,22?/m0/s1. The fourth-order valence-electron chi connectivity index (χ4n) is 4.87. The summed E-state index contributed by atoms with van der Waals surface area (Å²) < 4.78 is 5.75. The van der Waals surface area contributed by atoms with Crippen molar-refractivity contribution in [2.45, 2.75) is 12.3 Å². The highest BCUT2D eigenvalue weighted by Crippen LogP contribution is 2.44. The zero-order chi connectivity index (χ0) is 23.7. The molecular formula is C28H23NO5. The zero-order valence-corrected chi connectivity index (χ0v) is 18.3. The van der Waals surface area contributed by atoms with Gasteiger partial charge in [0.25, 0.3) is 0 Å². The second-order valence-electron chi connectivity index (χ2n) is 8.49. The lowest BCUT2D eigenvalue weighted by atomic mass is 9.94. The van der Waals surface area contributed by atoms with Gasteiger partial charge in [-0.15, -0.1) is 0 Å². The van der Waals surface area contributed by atoms with Gasteiger partial charge in [0.2, 0.25) is 5.91 Å². The van der Waals surface area contributed by atoms with Crippen molar-refractivity contribution in [3.63, 3.8) is 0 Å². The first-order valence-electron chi connectivity index (χ1n) is 11.2. The predicted octanol–water partition coefficient (Wildman–Crippen LogP) is 4.87. The van der Waals surface area contributed by atoms with E-state index in [0.717, 1.165) is 22.3 Å². The van der Waals surface area contributed by atoms with Gasteiger partial charge in [0.1, 0.15) is 6.61 Å². The molecule has 6 heteroatoms. The number of rotatable bonds is 6. The predicted molar refractivity (Wildman–Crippen MR) is 127 cm³/mol. The van der Waals surface area contributed by atoms with E-state index >= 15 is 0 Å². The maximum absolute atomic E-state index is 13.0. The molecule has 2 atom stereocenters. The van der Waals surface area contributed by atoms with Gasteiger partial charge in [-0.3, -0.25) is 9.59 Å². The molecule has 0 aliphatic heterocycles. The van der Waals surface area contributed by atoms with Crippen molar-refractivity contribution < 1.29 is 24.2 Å². The summed E-state index contributed by atoms with van der Waals surface area (Å²) in [5.41, 5.74) is 4.75. The first-order valence-corrected chi connectivity index (χ1v) is 11.2. The molecule has 0 aromatic heterocycles. The third kappa shape index (κ3) is 3.88. The summed E-state index contributed by atoms with van der Waals surface area (Å²) in [7, 11) is 0. The smallest absolute Gasteiger partial charge is 0.337 e. The first-order chi connectivity index (χ1) is 16.5. The number of benzene rings is 3. The van der Waals surface area contributed by atoms with Crippen molar-refractivity contribution in [3.05, 3.63) is 102 Å². The number of esters is 1. The lowest BCUT2D eigenvalue weighted by molar-refractivity contribution is -0.150. The Balaban J connectivity index is 1.29. The number of anilines is 1.